The second kappa shape index (κ2) is 8.29. The van der Waals surface area contributed by atoms with Crippen molar-refractivity contribution >= 4 is 11.3 Å². The van der Waals surface area contributed by atoms with Gasteiger partial charge in [0, 0.05) is 17.5 Å². The van der Waals surface area contributed by atoms with E-state index in [9.17, 15) is 0 Å². The molecule has 24 heavy (non-hydrogen) atoms. The topological polar surface area (TPSA) is 3.88 Å². The van der Waals surface area contributed by atoms with Crippen LogP contribution in [0, 0.1) is 20.8 Å². The second-order valence-electron chi connectivity index (χ2n) is 7.54. The first kappa shape index (κ1) is 17.7. The molecule has 1 aromatic carbocycles. The van der Waals surface area contributed by atoms with Gasteiger partial charge in [-0.1, -0.05) is 55.4 Å². The normalized spacial score (nSPS) is 17.0. The van der Waals surface area contributed by atoms with E-state index in [4.69, 9.17) is 0 Å². The van der Waals surface area contributed by atoms with Gasteiger partial charge in [0.25, 0.3) is 0 Å². The average molecular weight is 343 g/mol. The molecular weight excluding hydrogens is 310 g/mol. The van der Waals surface area contributed by atoms with Crippen LogP contribution in [0.2, 0.25) is 0 Å². The monoisotopic (exact) mass is 342 g/mol. The first-order chi connectivity index (χ1) is 11.7. The number of nitrogens with zero attached hydrogens (tertiary/aromatic N) is 1. The number of fused-ring (bicyclic) bond motifs is 1. The van der Waals surface area contributed by atoms with E-state index in [1.807, 2.05) is 11.3 Å². The van der Waals surface area contributed by atoms with Crippen LogP contribution in [0.15, 0.2) is 17.6 Å². The first-order valence-electron chi connectivity index (χ1n) is 9.76. The maximum absolute atomic E-state index is 2.52. The molecule has 0 saturated carbocycles. The third-order valence-electron chi connectivity index (χ3n) is 5.36. The van der Waals surface area contributed by atoms with E-state index >= 15 is 0 Å². The molecule has 0 amide bonds. The minimum absolute atomic E-state index is 1.24. The third-order valence-corrected chi connectivity index (χ3v) is 6.40. The van der Waals surface area contributed by atoms with Gasteiger partial charge in [0.15, 0.2) is 0 Å². The number of thiazole rings is 1. The van der Waals surface area contributed by atoms with Gasteiger partial charge in [-0.05, 0) is 52.2 Å². The molecule has 1 aliphatic rings. The molecule has 0 radical (unpaired) electrons. The fraction of sp³-hybridized carbons (Fsp3) is 0.591. The van der Waals surface area contributed by atoms with E-state index in [0.717, 1.165) is 0 Å². The molecule has 0 bridgehead atoms. The molecule has 0 N–H and O–H groups in total. The Balaban J connectivity index is 1.95. The summed E-state index contributed by atoms with van der Waals surface area (Å²) in [4.78, 5) is 1.63. The van der Waals surface area contributed by atoms with Crippen LogP contribution in [0.25, 0.3) is 5.69 Å². The van der Waals surface area contributed by atoms with Crippen LogP contribution >= 0.6 is 11.3 Å². The molecule has 2 heteroatoms. The maximum atomic E-state index is 2.52. The van der Waals surface area contributed by atoms with Crippen LogP contribution < -0.4 is 4.57 Å². The minimum atomic E-state index is 1.24. The van der Waals surface area contributed by atoms with Crippen molar-refractivity contribution in [3.8, 4) is 5.69 Å². The van der Waals surface area contributed by atoms with Gasteiger partial charge in [-0.25, -0.2) is 0 Å². The lowest BCUT2D eigenvalue weighted by atomic mass is 10.0. The van der Waals surface area contributed by atoms with Crippen LogP contribution in [0.5, 0.6) is 0 Å². The van der Waals surface area contributed by atoms with Gasteiger partial charge in [0.1, 0.15) is 0 Å². The van der Waals surface area contributed by atoms with E-state index in [0.29, 0.717) is 0 Å². The molecule has 0 aliphatic heterocycles. The Labute approximate surface area is 151 Å². The van der Waals surface area contributed by atoms with Crippen molar-refractivity contribution in [1.82, 2.24) is 0 Å². The molecule has 3 rings (SSSR count). The quantitative estimate of drug-likeness (QED) is 0.546. The fourth-order valence-electron chi connectivity index (χ4n) is 4.22. The highest BCUT2D eigenvalue weighted by atomic mass is 32.1. The molecule has 1 nitrogen and oxygen atoms in total. The minimum Gasteiger partial charge on any atom is -0.153 e. The van der Waals surface area contributed by atoms with Crippen molar-refractivity contribution in [3.63, 3.8) is 0 Å². The van der Waals surface area contributed by atoms with Crippen LogP contribution in [0.1, 0.15) is 78.6 Å². The number of aromatic nitrogens is 1. The zero-order valence-electron chi connectivity index (χ0n) is 15.7. The Morgan fingerprint density at radius 3 is 1.92 bits per heavy atom. The smallest absolute Gasteiger partial charge is 0.153 e. The van der Waals surface area contributed by atoms with Gasteiger partial charge in [0.05, 0.1) is 4.88 Å². The zero-order valence-corrected chi connectivity index (χ0v) is 16.5. The molecule has 0 atom stereocenters. The summed E-state index contributed by atoms with van der Waals surface area (Å²) in [5, 5.41) is 0. The summed E-state index contributed by atoms with van der Waals surface area (Å²) < 4.78 is 2.52. The lowest BCUT2D eigenvalue weighted by Gasteiger charge is -2.09. The van der Waals surface area contributed by atoms with Gasteiger partial charge in [-0.3, -0.25) is 0 Å². The van der Waals surface area contributed by atoms with Crippen LogP contribution in [0.3, 0.4) is 0 Å². The third kappa shape index (κ3) is 4.08. The number of aryl methyl sites for hydroxylation is 4. The largest absolute Gasteiger partial charge is 0.231 e. The fourth-order valence-corrected chi connectivity index (χ4v) is 5.29. The SMILES string of the molecule is Cc1cc(C)c(-[n+]2csc3c2CCCCCCCCCC3)c(C)c1. The van der Waals surface area contributed by atoms with Crippen molar-refractivity contribution in [2.75, 3.05) is 0 Å². The molecule has 130 valence electrons. The Morgan fingerprint density at radius 2 is 1.29 bits per heavy atom. The summed E-state index contributed by atoms with van der Waals surface area (Å²) in [6.45, 7) is 6.73. The maximum Gasteiger partial charge on any atom is 0.231 e. The molecule has 1 aliphatic carbocycles. The Hall–Kier alpha value is -1.15. The van der Waals surface area contributed by atoms with E-state index in [1.54, 1.807) is 10.6 Å². The molecule has 1 aromatic heterocycles. The highest BCUT2D eigenvalue weighted by Crippen LogP contribution is 2.24. The lowest BCUT2D eigenvalue weighted by Crippen LogP contribution is -2.35. The van der Waals surface area contributed by atoms with E-state index in [-0.39, 0.29) is 0 Å². The van der Waals surface area contributed by atoms with Crippen LogP contribution in [0.4, 0.5) is 0 Å². The Kier molecular flexibility index (Phi) is 6.10. The molecule has 0 fully saturated rings. The van der Waals surface area contributed by atoms with Gasteiger partial charge in [-0.2, -0.15) is 4.57 Å². The van der Waals surface area contributed by atoms with Gasteiger partial charge >= 0.3 is 0 Å². The van der Waals surface area contributed by atoms with Crippen molar-refractivity contribution in [2.45, 2.75) is 85.0 Å². The van der Waals surface area contributed by atoms with Gasteiger partial charge in [-0.15, -0.1) is 0 Å². The summed E-state index contributed by atoms with van der Waals surface area (Å²) in [6.07, 6.45) is 13.7. The average Bonchev–Trinajstić information content (AvgIpc) is 2.89. The van der Waals surface area contributed by atoms with Crippen molar-refractivity contribution in [1.29, 1.82) is 0 Å². The lowest BCUT2D eigenvalue weighted by molar-refractivity contribution is -0.600. The predicted molar refractivity (Wildman–Crippen MR) is 104 cm³/mol. The van der Waals surface area contributed by atoms with Crippen molar-refractivity contribution in [3.05, 3.63) is 44.9 Å². The number of hydrogen-bond donors (Lipinski definition) is 0. The second-order valence-corrected chi connectivity index (χ2v) is 8.48. The first-order valence-corrected chi connectivity index (χ1v) is 10.6. The van der Waals surface area contributed by atoms with Crippen LogP contribution in [-0.2, 0) is 12.8 Å². The van der Waals surface area contributed by atoms with E-state index in [1.165, 1.54) is 86.6 Å². The van der Waals surface area contributed by atoms with E-state index in [2.05, 4.69) is 43.0 Å². The van der Waals surface area contributed by atoms with E-state index < -0.39 is 0 Å². The predicted octanol–water partition coefficient (Wildman–Crippen LogP) is 6.17. The summed E-state index contributed by atoms with van der Waals surface area (Å²) in [5.74, 6) is 0. The summed E-state index contributed by atoms with van der Waals surface area (Å²) in [7, 11) is 0. The Bertz CT molecular complexity index is 660. The summed E-state index contributed by atoms with van der Waals surface area (Å²) in [5.41, 5.74) is 9.57. The van der Waals surface area contributed by atoms with Crippen molar-refractivity contribution in [2.24, 2.45) is 0 Å². The van der Waals surface area contributed by atoms with Gasteiger partial charge < -0.3 is 0 Å². The summed E-state index contributed by atoms with van der Waals surface area (Å²) in [6, 6.07) is 4.66. The molecule has 1 heterocycles. The van der Waals surface area contributed by atoms with Crippen molar-refractivity contribution < 1.29 is 4.57 Å². The standard InChI is InChI=1S/C22H32NS/c1-17-14-18(2)22(19(3)15-17)23-16-24-21-13-11-9-7-5-4-6-8-10-12-20(21)23/h14-16H,4-13H2,1-3H3/q+1. The summed E-state index contributed by atoms with van der Waals surface area (Å²) >= 11 is 1.98. The number of rotatable bonds is 1. The number of hydrogen-bond acceptors (Lipinski definition) is 1. The molecule has 0 unspecified atom stereocenters. The number of benzene rings is 1. The molecule has 2 aromatic rings. The highest BCUT2D eigenvalue weighted by Gasteiger charge is 2.24. The molecule has 0 spiro atoms. The molecule has 0 saturated heterocycles. The zero-order chi connectivity index (χ0) is 16.9. The highest BCUT2D eigenvalue weighted by molar-refractivity contribution is 7.09. The van der Waals surface area contributed by atoms with Crippen LogP contribution in [-0.4, -0.2) is 0 Å². The van der Waals surface area contributed by atoms with Gasteiger partial charge in [0.2, 0.25) is 16.9 Å². The molecular formula is C22H32NS+. The Morgan fingerprint density at radius 1 is 0.750 bits per heavy atom.